The van der Waals surface area contributed by atoms with Crippen LogP contribution in [0.3, 0.4) is 0 Å². The molecule has 0 radical (unpaired) electrons. The van der Waals surface area contributed by atoms with Gasteiger partial charge in [0.05, 0.1) is 30.4 Å². The van der Waals surface area contributed by atoms with E-state index in [2.05, 4.69) is 9.62 Å². The Bertz CT molecular complexity index is 1340. The summed E-state index contributed by atoms with van der Waals surface area (Å²) in [5.74, 6) is -0.193. The molecule has 2 N–H and O–H groups in total. The Labute approximate surface area is 272 Å². The van der Waals surface area contributed by atoms with Crippen LogP contribution < -0.4 is 9.46 Å². The quantitative estimate of drug-likeness (QED) is 0.366. The van der Waals surface area contributed by atoms with Crippen molar-refractivity contribution >= 4 is 38.9 Å². The summed E-state index contributed by atoms with van der Waals surface area (Å²) in [5.41, 5.74) is 0.427. The lowest BCUT2D eigenvalue weighted by molar-refractivity contribution is -0.132. The van der Waals surface area contributed by atoms with Gasteiger partial charge < -0.3 is 29.3 Å². The van der Waals surface area contributed by atoms with Crippen molar-refractivity contribution < 1.29 is 32.6 Å². The van der Waals surface area contributed by atoms with Crippen molar-refractivity contribution in [1.82, 2.24) is 14.7 Å². The predicted molar refractivity (Wildman–Crippen MR) is 177 cm³/mol. The molecule has 3 rings (SSSR count). The van der Waals surface area contributed by atoms with Crippen LogP contribution in [0.15, 0.2) is 39.9 Å². The molecule has 0 saturated heterocycles. The molecule has 45 heavy (non-hydrogen) atoms. The van der Waals surface area contributed by atoms with Crippen molar-refractivity contribution in [3.63, 3.8) is 0 Å². The summed E-state index contributed by atoms with van der Waals surface area (Å²) in [7, 11) is 1.90. The summed E-state index contributed by atoms with van der Waals surface area (Å²) in [6, 6.07) is 7.34. The first-order valence-corrected chi connectivity index (χ1v) is 18.0. The van der Waals surface area contributed by atoms with E-state index in [9.17, 15) is 23.1 Å². The van der Waals surface area contributed by atoms with Crippen molar-refractivity contribution in [3.05, 3.63) is 41.3 Å². The number of thiophene rings is 1. The third-order valence-corrected chi connectivity index (χ3v) is 10.7. The molecule has 252 valence electrons. The van der Waals surface area contributed by atoms with Gasteiger partial charge >= 0.3 is 0 Å². The molecule has 1 aliphatic heterocycles. The van der Waals surface area contributed by atoms with Gasteiger partial charge in [0.25, 0.3) is 15.9 Å². The average molecular weight is 667 g/mol. The van der Waals surface area contributed by atoms with E-state index in [1.165, 1.54) is 12.1 Å². The van der Waals surface area contributed by atoms with Crippen molar-refractivity contribution in [2.45, 2.75) is 75.3 Å². The molecule has 11 nitrogen and oxygen atoms in total. The Morgan fingerprint density at radius 1 is 1.20 bits per heavy atom. The second-order valence-corrected chi connectivity index (χ2v) is 15.1. The van der Waals surface area contributed by atoms with Crippen LogP contribution >= 0.6 is 11.3 Å². The number of hydrogen-bond acceptors (Lipinski definition) is 9. The predicted octanol–water partition coefficient (Wildman–Crippen LogP) is 4.14. The van der Waals surface area contributed by atoms with Gasteiger partial charge in [0, 0.05) is 44.8 Å². The fourth-order valence-electron chi connectivity index (χ4n) is 5.18. The molecule has 0 saturated carbocycles. The van der Waals surface area contributed by atoms with Crippen molar-refractivity contribution in [2.75, 3.05) is 58.7 Å². The molecule has 2 aromatic rings. The lowest BCUT2D eigenvalue weighted by Crippen LogP contribution is -2.48. The van der Waals surface area contributed by atoms with Crippen LogP contribution in [0.25, 0.3) is 0 Å². The lowest BCUT2D eigenvalue weighted by Gasteiger charge is -2.36. The number of nitrogens with zero attached hydrogens (tertiary/aromatic N) is 3. The minimum absolute atomic E-state index is 0.0427. The van der Waals surface area contributed by atoms with Crippen LogP contribution in [0, 0.1) is 5.92 Å². The highest BCUT2D eigenvalue weighted by molar-refractivity contribution is 7.94. The molecular weight excluding hydrogens is 617 g/mol. The number of likely N-dealkylation sites (N-methyl/N-ethyl adjacent to an activating group) is 1. The normalized spacial score (nSPS) is 21.0. The highest BCUT2D eigenvalue weighted by Crippen LogP contribution is 2.30. The van der Waals surface area contributed by atoms with Crippen LogP contribution in [0.1, 0.15) is 63.2 Å². The Balaban J connectivity index is 1.92. The lowest BCUT2D eigenvalue weighted by atomic mass is 10.0. The first-order chi connectivity index (χ1) is 21.3. The van der Waals surface area contributed by atoms with Crippen LogP contribution in [-0.2, 0) is 19.6 Å². The smallest absolute Gasteiger partial charge is 0.271 e. The first kappa shape index (κ1) is 36.8. The number of carbonyl (C=O) groups is 2. The zero-order valence-electron chi connectivity index (χ0n) is 27.4. The van der Waals surface area contributed by atoms with Crippen LogP contribution in [0.4, 0.5) is 5.69 Å². The monoisotopic (exact) mass is 666 g/mol. The standard InChI is InChI=1S/C32H50N4O7S2/c1-23-20-36(24(2)22-37)32(39)27-19-26(33-45(40,41)31-13-10-18-44-31)14-15-28(27)43-25(3)11-7-8-17-42-29(23)21-35(6)30(38)12-9-16-34(4)5/h10,13-15,18-19,23-25,29,33,37H,7-9,11-12,16-17,20-22H2,1-6H3/t23-,24+,25-,29+/m1/s1. The fraction of sp³-hybridized carbons (Fsp3) is 0.625. The summed E-state index contributed by atoms with van der Waals surface area (Å²) < 4.78 is 41.2. The van der Waals surface area contributed by atoms with Crippen LogP contribution in [-0.4, -0.2) is 112 Å². The molecule has 2 amide bonds. The molecule has 0 spiro atoms. The van der Waals surface area contributed by atoms with Gasteiger partial charge in [0.1, 0.15) is 9.96 Å². The molecule has 0 fully saturated rings. The van der Waals surface area contributed by atoms with Gasteiger partial charge in [-0.25, -0.2) is 8.42 Å². The summed E-state index contributed by atoms with van der Waals surface area (Å²) in [6.07, 6.45) is 3.03. The number of rotatable bonds is 11. The minimum atomic E-state index is -3.84. The second kappa shape index (κ2) is 17.3. The number of amides is 2. The highest BCUT2D eigenvalue weighted by Gasteiger charge is 2.31. The molecule has 13 heteroatoms. The largest absolute Gasteiger partial charge is 0.490 e. The third kappa shape index (κ3) is 11.0. The number of aliphatic hydroxyl groups is 1. The van der Waals surface area contributed by atoms with Gasteiger partial charge in [-0.3, -0.25) is 14.3 Å². The van der Waals surface area contributed by atoms with Crippen molar-refractivity contribution in [3.8, 4) is 5.75 Å². The van der Waals surface area contributed by atoms with Gasteiger partial charge in [0.15, 0.2) is 0 Å². The molecule has 2 heterocycles. The topological polar surface area (TPSA) is 129 Å². The van der Waals surface area contributed by atoms with E-state index in [0.29, 0.717) is 25.3 Å². The second-order valence-electron chi connectivity index (χ2n) is 12.2. The SMILES string of the molecule is C[C@@H]1CCCCO[C@@H](CN(C)C(=O)CCCN(C)C)[C@H](C)CN([C@@H](C)CO)C(=O)c2cc(NS(=O)(=O)c3cccs3)ccc2O1. The summed E-state index contributed by atoms with van der Waals surface area (Å²) in [6.45, 7) is 7.37. The van der Waals surface area contributed by atoms with Crippen LogP contribution in [0.5, 0.6) is 5.75 Å². The number of carbonyl (C=O) groups excluding carboxylic acids is 2. The zero-order valence-corrected chi connectivity index (χ0v) is 29.0. The number of aliphatic hydroxyl groups excluding tert-OH is 1. The molecule has 1 aromatic carbocycles. The maximum atomic E-state index is 14.3. The molecular formula is C32H50N4O7S2. The first-order valence-electron chi connectivity index (χ1n) is 15.6. The molecule has 0 unspecified atom stereocenters. The van der Waals surface area contributed by atoms with Gasteiger partial charge in [-0.15, -0.1) is 11.3 Å². The number of ether oxygens (including phenoxy) is 2. The van der Waals surface area contributed by atoms with E-state index in [0.717, 1.165) is 43.6 Å². The Hall–Kier alpha value is -2.71. The average Bonchev–Trinajstić information content (AvgIpc) is 3.54. The minimum Gasteiger partial charge on any atom is -0.490 e. The summed E-state index contributed by atoms with van der Waals surface area (Å²) in [5, 5.41) is 11.8. The number of hydrogen-bond donors (Lipinski definition) is 2. The fourth-order valence-corrected chi connectivity index (χ4v) is 7.22. The zero-order chi connectivity index (χ0) is 33.1. The third-order valence-electron chi connectivity index (χ3n) is 7.94. The molecule has 0 bridgehead atoms. The van der Waals surface area contributed by atoms with E-state index >= 15 is 0 Å². The molecule has 1 aliphatic rings. The Morgan fingerprint density at radius 2 is 1.96 bits per heavy atom. The number of sulfonamides is 1. The maximum Gasteiger partial charge on any atom is 0.271 e. The van der Waals surface area contributed by atoms with Gasteiger partial charge in [0.2, 0.25) is 5.91 Å². The van der Waals surface area contributed by atoms with Gasteiger partial charge in [-0.2, -0.15) is 0 Å². The molecule has 4 atom stereocenters. The van der Waals surface area contributed by atoms with Gasteiger partial charge in [-0.05, 0) is 89.8 Å². The van der Waals surface area contributed by atoms with Gasteiger partial charge in [-0.1, -0.05) is 13.0 Å². The summed E-state index contributed by atoms with van der Waals surface area (Å²) in [4.78, 5) is 32.5. The van der Waals surface area contributed by atoms with E-state index in [4.69, 9.17) is 9.47 Å². The molecule has 0 aliphatic carbocycles. The maximum absolute atomic E-state index is 14.3. The number of anilines is 1. The molecule has 1 aromatic heterocycles. The van der Waals surface area contributed by atoms with Crippen molar-refractivity contribution in [1.29, 1.82) is 0 Å². The number of nitrogens with one attached hydrogen (secondary N) is 1. The number of fused-ring (bicyclic) bond motifs is 1. The summed E-state index contributed by atoms with van der Waals surface area (Å²) >= 11 is 1.10. The Morgan fingerprint density at radius 3 is 2.62 bits per heavy atom. The Kier molecular flexibility index (Phi) is 14.1. The van der Waals surface area contributed by atoms with E-state index < -0.39 is 22.0 Å². The number of benzene rings is 1. The highest BCUT2D eigenvalue weighted by atomic mass is 32.2. The van der Waals surface area contributed by atoms with Crippen LogP contribution in [0.2, 0.25) is 0 Å². The van der Waals surface area contributed by atoms with Crippen molar-refractivity contribution in [2.24, 2.45) is 5.92 Å². The van der Waals surface area contributed by atoms with E-state index in [1.807, 2.05) is 27.9 Å². The van der Waals surface area contributed by atoms with E-state index in [1.54, 1.807) is 47.4 Å². The van der Waals surface area contributed by atoms with E-state index in [-0.39, 0.29) is 52.6 Å².